The first kappa shape index (κ1) is 127. The van der Waals surface area contributed by atoms with Gasteiger partial charge in [-0.2, -0.15) is 27.3 Å². The number of quaternary nitrogens is 1. The largest absolute Gasteiger partial charge is 1.00 e. The van der Waals surface area contributed by atoms with E-state index in [4.69, 9.17) is 4.42 Å². The second-order valence-electron chi connectivity index (χ2n) is 26.1. The minimum absolute atomic E-state index is 0. The molecule has 0 atom stereocenters. The number of aromatic nitrogens is 11. The summed E-state index contributed by atoms with van der Waals surface area (Å²) < 4.78 is 105. The normalized spacial score (nSPS) is 11.1. The number of benzene rings is 3. The van der Waals surface area contributed by atoms with Crippen LogP contribution in [0.2, 0.25) is 0 Å². The number of fused-ring (bicyclic) bond motifs is 3. The molecule has 107 heavy (non-hydrogen) atoms. The molecule has 0 unspecified atom stereocenters. The Morgan fingerprint density at radius 2 is 0.916 bits per heavy atom. The number of likely N-dealkylation sites (tertiary alicyclic amines) is 1. The molecule has 8 aromatic heterocycles. The van der Waals surface area contributed by atoms with E-state index in [1.54, 1.807) is 6.26 Å². The summed E-state index contributed by atoms with van der Waals surface area (Å²) in [6.07, 6.45) is 25.8. The number of hydrogen-bond donors (Lipinski definition) is 0. The van der Waals surface area contributed by atoms with Crippen molar-refractivity contribution in [1.82, 2.24) is 9.25 Å². The number of aryl methyl sites for hydroxylation is 10. The van der Waals surface area contributed by atoms with E-state index in [9.17, 15) is 26.3 Å². The molecule has 13 nitrogen and oxygen atoms in total. The third-order valence-corrected chi connectivity index (χ3v) is 15.6. The van der Waals surface area contributed by atoms with E-state index in [0.717, 1.165) is 40.6 Å². The van der Waals surface area contributed by atoms with Gasteiger partial charge in [-0.1, -0.05) is 123 Å². The lowest BCUT2D eigenvalue weighted by atomic mass is 9.71. The van der Waals surface area contributed by atoms with Crippen molar-refractivity contribution in [3.8, 4) is 0 Å². The second kappa shape index (κ2) is 56.9. The number of para-hydroxylation sites is 3. The molecule has 3 aromatic carbocycles. The second-order valence-corrected chi connectivity index (χ2v) is 26.1. The van der Waals surface area contributed by atoms with Crippen LogP contribution in [0.25, 0.3) is 32.8 Å². The predicted octanol–water partition coefficient (Wildman–Crippen LogP) is -16.6. The maximum absolute atomic E-state index is 13.7. The van der Waals surface area contributed by atoms with Gasteiger partial charge >= 0.3 is 17.8 Å². The molecule has 0 spiro atoms. The van der Waals surface area contributed by atoms with Gasteiger partial charge in [0.1, 0.15) is 61.7 Å². The van der Waals surface area contributed by atoms with Gasteiger partial charge in [0.2, 0.25) is 42.4 Å². The van der Waals surface area contributed by atoms with E-state index in [2.05, 4.69) is 177 Å². The summed E-state index contributed by atoms with van der Waals surface area (Å²) in [4.78, 5) is 0. The molecule has 12 rings (SSSR count). The summed E-state index contributed by atoms with van der Waals surface area (Å²) in [5.74, 6) is -4.25. The fourth-order valence-electron chi connectivity index (χ4n) is 10.1. The molecule has 0 bridgehead atoms. The monoisotopic (exact) mass is 1550 g/mol. The molecule has 1 fully saturated rings. The first-order valence-electron chi connectivity index (χ1n) is 30.0. The number of rotatable bonds is 1. The van der Waals surface area contributed by atoms with E-state index in [1.165, 1.54) is 71.8 Å². The van der Waals surface area contributed by atoms with Crippen molar-refractivity contribution in [3.63, 3.8) is 0 Å². The van der Waals surface area contributed by atoms with Gasteiger partial charge in [0.25, 0.3) is 16.6 Å². The Morgan fingerprint density at radius 1 is 0.467 bits per heavy atom. The first-order valence-corrected chi connectivity index (χ1v) is 30.0. The molecule has 614 valence electrons. The van der Waals surface area contributed by atoms with Crippen molar-refractivity contribution in [2.24, 2.45) is 93.8 Å². The van der Waals surface area contributed by atoms with Crippen molar-refractivity contribution in [2.75, 3.05) is 27.2 Å². The van der Waals surface area contributed by atoms with Gasteiger partial charge in [-0.05, 0) is 36.6 Å². The molecule has 11 aromatic rings. The molecular weight excluding hydrogens is 1420 g/mol. The molecule has 1 saturated heterocycles. The Bertz CT molecular complexity index is 3990. The zero-order chi connectivity index (χ0) is 68.2. The van der Waals surface area contributed by atoms with E-state index in [-0.39, 0.29) is 97.1 Å². The highest BCUT2D eigenvalue weighted by Gasteiger charge is 2.51. The van der Waals surface area contributed by atoms with Gasteiger partial charge in [0.15, 0.2) is 55.5 Å². The van der Waals surface area contributed by atoms with Crippen LogP contribution in [0.5, 0.6) is 0 Å². The molecule has 0 aliphatic carbocycles. The van der Waals surface area contributed by atoms with Gasteiger partial charge < -0.3 is 55.9 Å². The number of pyridine rings is 4. The van der Waals surface area contributed by atoms with Gasteiger partial charge in [-0.3, -0.25) is 0 Å². The van der Waals surface area contributed by atoms with Crippen LogP contribution in [0, 0.1) is 58.3 Å². The van der Waals surface area contributed by atoms with Gasteiger partial charge in [0.05, 0.1) is 66.3 Å². The van der Waals surface area contributed by atoms with Crippen LogP contribution in [0.3, 0.4) is 0 Å². The molecule has 9 heterocycles. The lowest BCUT2D eigenvalue weighted by Gasteiger charge is -2.29. The van der Waals surface area contributed by atoms with Crippen LogP contribution < -0.4 is 88.3 Å². The predicted molar refractivity (Wildman–Crippen MR) is 382 cm³/mol. The van der Waals surface area contributed by atoms with Crippen molar-refractivity contribution in [2.45, 2.75) is 106 Å². The Labute approximate surface area is 627 Å². The molecule has 29 heteroatoms. The zero-order valence-corrected chi connectivity index (χ0v) is 61.3. The molecule has 0 radical (unpaired) electrons. The minimum Gasteiger partial charge on any atom is -1.00 e. The minimum atomic E-state index is -1.28. The van der Waals surface area contributed by atoms with E-state index < -0.39 is 46.1 Å². The standard InChI is InChI=1S/C11H8F4N.C10H12N2.C10H10N.C10H22N.C9H16NO.C6H6F2N.C6H8N.2C5H9N2.6CH4.10FH/c1-5-8(13)10(15)7-3-6(12)4-16(2)11(7)9(5)14;1-11-7-8-12(2)10-6-4-3-5-9(10)11;1-11-8-4-6-9-5-2-3-7-10(9)11;1-9(2)7-11(5,6)8-10(9,3)4;1-9(2,3)7-8-10(4)5-6-11-8;1-9-5(7)3-2-4-6(9)8;1-7-5-3-2-4-6-7;1-6-3-4-7(2)5-6;1-6-4-3-5-7(6)2;;;;;;;;;;;;;;;;/h3-4H,1-2H3;3-8H,1-2H3;2-8H,1H3;7-8H2,1-6H3;5-6H,7H2,1-4H3;2-4H,1H3;2-6H,1H3;2*3-5H,1-2H3;6*1H4;10*1H/q+1;+2;7*+1;;;;;;;;;;;;;;;;/p-10. The molecule has 0 amide bonds. The summed E-state index contributed by atoms with van der Waals surface area (Å²) in [6.45, 7) is 19.9. The Balaban J connectivity index is -0.0000000837. The number of halogens is 16. The lowest BCUT2D eigenvalue weighted by molar-refractivity contribution is -0.883. The fourth-order valence-corrected chi connectivity index (χ4v) is 10.1. The number of hydrogen-bond acceptors (Lipinski definition) is 1. The molecule has 0 N–H and O–H groups in total. The lowest BCUT2D eigenvalue weighted by Crippen LogP contribution is -3.00. The number of imidazole rings is 1. The van der Waals surface area contributed by atoms with E-state index in [1.807, 2.05) is 144 Å². The molecule has 1 aliphatic rings. The summed E-state index contributed by atoms with van der Waals surface area (Å²) >= 11 is 0. The van der Waals surface area contributed by atoms with Crippen molar-refractivity contribution in [3.05, 3.63) is 237 Å². The highest BCUT2D eigenvalue weighted by atomic mass is 19.2. The van der Waals surface area contributed by atoms with E-state index >= 15 is 0 Å². The van der Waals surface area contributed by atoms with Crippen molar-refractivity contribution < 1.29 is 124 Å². The topological polar surface area (TPSA) is 57.9 Å². The fraction of sp³-hybridized carbons (Fsp3) is 0.423. The van der Waals surface area contributed by atoms with Crippen LogP contribution in [0.15, 0.2) is 194 Å². The third kappa shape index (κ3) is 39.1. The number of oxazole rings is 1. The van der Waals surface area contributed by atoms with Crippen molar-refractivity contribution in [1.29, 1.82) is 0 Å². The number of nitrogens with zero attached hydrogens (tertiary/aromatic N) is 12. The van der Waals surface area contributed by atoms with Gasteiger partial charge in [-0.15, -0.1) is 18.0 Å². The summed E-state index contributed by atoms with van der Waals surface area (Å²) in [5, 5.41) is 0.889. The van der Waals surface area contributed by atoms with Crippen LogP contribution in [-0.2, 0) is 83.9 Å². The Kier molecular flexibility index (Phi) is 67.6. The van der Waals surface area contributed by atoms with Gasteiger partial charge in [-0.25, -0.2) is 31.4 Å². The smallest absolute Gasteiger partial charge is 0.361 e. The quantitative estimate of drug-likeness (QED) is 0.0531. The van der Waals surface area contributed by atoms with Crippen LogP contribution in [0.4, 0.5) is 26.3 Å². The highest BCUT2D eigenvalue weighted by Crippen LogP contribution is 2.47. The Hall–Kier alpha value is -9.41. The summed E-state index contributed by atoms with van der Waals surface area (Å²) in [5.41, 5.74) is 4.51. The molecule has 1 aliphatic heterocycles. The summed E-state index contributed by atoms with van der Waals surface area (Å²) in [7, 11) is 25.5. The van der Waals surface area contributed by atoms with E-state index in [0.29, 0.717) is 16.2 Å². The van der Waals surface area contributed by atoms with Crippen LogP contribution >= 0.6 is 0 Å². The summed E-state index contributed by atoms with van der Waals surface area (Å²) in [6, 6.07) is 33.4. The molecular formula is C78H124F16N12O. The van der Waals surface area contributed by atoms with Crippen molar-refractivity contribution >= 4 is 32.8 Å². The first-order chi connectivity index (χ1) is 42.4. The Morgan fingerprint density at radius 3 is 1.24 bits per heavy atom. The SMILES string of the molecule is C.C.C.C.C.C.CC1(C)C[N+](C)(C)CC1(C)C.C[n+]1c(F)cccc1F.C[n+]1cc[n+](C)c2ccccc21.C[n+]1cccc2ccccc21.C[n+]1ccccc1.C[n+]1ccoc1CC(C)(C)C.Cc1c(F)c(F)c2cc(F)c[n+](C)c2c1F.Cn1cc[n+](C)c1.Cn1ccc[n+]1C.[F-].[F-].[F-].[F-].[F-].[F-].[F-].[F-].[F-].[F-]. The zero-order valence-electron chi connectivity index (χ0n) is 61.3. The third-order valence-electron chi connectivity index (χ3n) is 15.6. The maximum Gasteiger partial charge on any atom is 0.361 e. The van der Waals surface area contributed by atoms with Crippen LogP contribution in [0.1, 0.15) is 104 Å². The highest BCUT2D eigenvalue weighted by molar-refractivity contribution is 5.78. The molecule has 0 saturated carbocycles. The van der Waals surface area contributed by atoms with Crippen LogP contribution in [-0.4, -0.2) is 40.9 Å². The maximum atomic E-state index is 13.7. The average molecular weight is 1550 g/mol. The van der Waals surface area contributed by atoms with Gasteiger partial charge in [0, 0.05) is 76.4 Å². The average Bonchev–Trinajstić information content (AvgIpc) is 1.62.